The minimum absolute atomic E-state index is 0.0448. The first-order chi connectivity index (χ1) is 14.3. The molecule has 0 aliphatic carbocycles. The molecule has 0 fully saturated rings. The van der Waals surface area contributed by atoms with Crippen LogP contribution in [-0.2, 0) is 11.2 Å². The van der Waals surface area contributed by atoms with E-state index in [0.717, 1.165) is 16.7 Å². The number of Topliss-reactive ketones (excluding diaryl/α,β-unsaturated/α-hetero) is 1. The summed E-state index contributed by atoms with van der Waals surface area (Å²) in [6.07, 6.45) is 4.45. The van der Waals surface area contributed by atoms with Crippen molar-refractivity contribution >= 4 is 17.4 Å². The molecule has 30 heavy (non-hydrogen) atoms. The van der Waals surface area contributed by atoms with Crippen LogP contribution in [0.3, 0.4) is 0 Å². The van der Waals surface area contributed by atoms with E-state index < -0.39 is 5.60 Å². The maximum absolute atomic E-state index is 12.7. The first-order valence-electron chi connectivity index (χ1n) is 10.1. The number of ketones is 1. The Hall–Kier alpha value is -3.39. The van der Waals surface area contributed by atoms with Gasteiger partial charge in [0.05, 0.1) is 0 Å². The number of ether oxygens (including phenoxy) is 1. The van der Waals surface area contributed by atoms with E-state index >= 15 is 0 Å². The Bertz CT molecular complexity index is 1040. The third-order valence-corrected chi connectivity index (χ3v) is 5.13. The molecule has 0 heterocycles. The Morgan fingerprint density at radius 1 is 0.933 bits per heavy atom. The van der Waals surface area contributed by atoms with E-state index in [2.05, 4.69) is 31.7 Å². The average Bonchev–Trinajstić information content (AvgIpc) is 2.74. The molecule has 0 amide bonds. The zero-order valence-electron chi connectivity index (χ0n) is 17.9. The zero-order chi connectivity index (χ0) is 21.6. The quantitative estimate of drug-likeness (QED) is 0.396. The molecule has 2 nitrogen and oxygen atoms in total. The highest BCUT2D eigenvalue weighted by Gasteiger charge is 2.29. The summed E-state index contributed by atoms with van der Waals surface area (Å²) in [5, 5.41) is 0. The van der Waals surface area contributed by atoms with E-state index in [-0.39, 0.29) is 5.78 Å². The van der Waals surface area contributed by atoms with Crippen LogP contribution in [0.4, 0.5) is 0 Å². The third-order valence-electron chi connectivity index (χ3n) is 5.13. The van der Waals surface area contributed by atoms with Crippen molar-refractivity contribution in [2.24, 2.45) is 0 Å². The van der Waals surface area contributed by atoms with E-state index in [1.807, 2.05) is 86.7 Å². The fraction of sp³-hybridized carbons (Fsp3) is 0.179. The predicted octanol–water partition coefficient (Wildman–Crippen LogP) is 6.69. The molecule has 2 heteroatoms. The summed E-state index contributed by atoms with van der Waals surface area (Å²) in [7, 11) is 0. The molecule has 0 aromatic heterocycles. The van der Waals surface area contributed by atoms with Crippen molar-refractivity contribution in [3.8, 4) is 5.75 Å². The van der Waals surface area contributed by atoms with Gasteiger partial charge in [-0.2, -0.15) is 0 Å². The molecule has 0 bridgehead atoms. The first-order valence-corrected chi connectivity index (χ1v) is 10.1. The largest absolute Gasteiger partial charge is 0.480 e. The molecule has 0 saturated carbocycles. The second-order valence-electron chi connectivity index (χ2n) is 7.94. The summed E-state index contributed by atoms with van der Waals surface area (Å²) >= 11 is 0. The second kappa shape index (κ2) is 9.41. The van der Waals surface area contributed by atoms with Gasteiger partial charge in [0.25, 0.3) is 0 Å². The molecular weight excluding hydrogens is 368 g/mol. The average molecular weight is 397 g/mol. The van der Waals surface area contributed by atoms with Crippen molar-refractivity contribution in [3.05, 3.63) is 114 Å². The lowest BCUT2D eigenvalue weighted by atomic mass is 9.96. The first kappa shape index (κ1) is 21.3. The predicted molar refractivity (Wildman–Crippen MR) is 126 cm³/mol. The lowest BCUT2D eigenvalue weighted by Crippen LogP contribution is -2.39. The highest BCUT2D eigenvalue weighted by atomic mass is 16.5. The van der Waals surface area contributed by atoms with Crippen molar-refractivity contribution < 1.29 is 9.53 Å². The number of benzene rings is 3. The summed E-state index contributed by atoms with van der Waals surface area (Å²) in [6, 6.07) is 25.7. The monoisotopic (exact) mass is 396 g/mol. The van der Waals surface area contributed by atoms with Crippen LogP contribution in [0.15, 0.2) is 91.5 Å². The van der Waals surface area contributed by atoms with Gasteiger partial charge in [-0.05, 0) is 60.7 Å². The third kappa shape index (κ3) is 5.57. The molecule has 3 aromatic rings. The van der Waals surface area contributed by atoms with Crippen LogP contribution in [0.2, 0.25) is 0 Å². The fourth-order valence-electron chi connectivity index (χ4n) is 3.14. The van der Waals surface area contributed by atoms with Gasteiger partial charge in [-0.3, -0.25) is 4.79 Å². The number of hydrogen-bond donors (Lipinski definition) is 0. The Morgan fingerprint density at radius 3 is 2.23 bits per heavy atom. The molecule has 152 valence electrons. The number of allylic oxidation sites excluding steroid dienone is 2. The number of carbonyl (C=O) groups is 1. The van der Waals surface area contributed by atoms with E-state index in [0.29, 0.717) is 12.2 Å². The van der Waals surface area contributed by atoms with Crippen LogP contribution in [0.1, 0.15) is 36.1 Å². The summed E-state index contributed by atoms with van der Waals surface area (Å²) in [5.41, 5.74) is 4.43. The lowest BCUT2D eigenvalue weighted by Gasteiger charge is -2.25. The Labute approximate surface area is 179 Å². The van der Waals surface area contributed by atoms with Crippen LogP contribution >= 0.6 is 0 Å². The standard InChI is InChI=1S/C28H28O2/c1-21-10-8-9-13-24(21)15-14-22(2)25-16-18-26(19-17-25)30-28(3,4)27(29)20-23-11-6-5-7-12-23/h5-19H,2,20H2,1,3-4H3/b15-14-. The van der Waals surface area contributed by atoms with Gasteiger partial charge in [-0.15, -0.1) is 0 Å². The summed E-state index contributed by atoms with van der Waals surface area (Å²) < 4.78 is 6.02. The van der Waals surface area contributed by atoms with Gasteiger partial charge in [0.15, 0.2) is 11.4 Å². The lowest BCUT2D eigenvalue weighted by molar-refractivity contribution is -0.131. The van der Waals surface area contributed by atoms with E-state index in [1.54, 1.807) is 0 Å². The molecule has 0 atom stereocenters. The van der Waals surface area contributed by atoms with Gasteiger partial charge in [0.2, 0.25) is 0 Å². The van der Waals surface area contributed by atoms with Gasteiger partial charge < -0.3 is 4.74 Å². The zero-order valence-corrected chi connectivity index (χ0v) is 17.9. The maximum Gasteiger partial charge on any atom is 0.180 e. The SMILES string of the molecule is C=C(/C=C\c1ccccc1C)c1ccc(OC(C)(C)C(=O)Cc2ccccc2)cc1. The minimum atomic E-state index is -0.904. The van der Waals surface area contributed by atoms with E-state index in [4.69, 9.17) is 4.74 Å². The van der Waals surface area contributed by atoms with Gasteiger partial charge in [0, 0.05) is 6.42 Å². The topological polar surface area (TPSA) is 26.3 Å². The van der Waals surface area contributed by atoms with Crippen molar-refractivity contribution in [2.45, 2.75) is 32.8 Å². The molecule has 0 radical (unpaired) electrons. The number of hydrogen-bond acceptors (Lipinski definition) is 2. The van der Waals surface area contributed by atoms with E-state index in [9.17, 15) is 4.79 Å². The molecule has 0 spiro atoms. The summed E-state index contributed by atoms with van der Waals surface area (Å²) in [5.74, 6) is 0.712. The van der Waals surface area contributed by atoms with Crippen LogP contribution in [0.25, 0.3) is 11.6 Å². The van der Waals surface area contributed by atoms with Crippen molar-refractivity contribution in [1.29, 1.82) is 0 Å². The second-order valence-corrected chi connectivity index (χ2v) is 7.94. The number of aryl methyl sites for hydroxylation is 1. The van der Waals surface area contributed by atoms with Crippen molar-refractivity contribution in [2.75, 3.05) is 0 Å². The van der Waals surface area contributed by atoms with Crippen LogP contribution in [-0.4, -0.2) is 11.4 Å². The van der Waals surface area contributed by atoms with Crippen LogP contribution in [0.5, 0.6) is 5.75 Å². The molecule has 0 N–H and O–H groups in total. The molecule has 0 saturated heterocycles. The normalized spacial score (nSPS) is 11.4. The smallest absolute Gasteiger partial charge is 0.180 e. The van der Waals surface area contributed by atoms with Gasteiger partial charge in [-0.1, -0.05) is 85.5 Å². The highest BCUT2D eigenvalue weighted by Crippen LogP contribution is 2.24. The van der Waals surface area contributed by atoms with Gasteiger partial charge in [0.1, 0.15) is 5.75 Å². The fourth-order valence-corrected chi connectivity index (χ4v) is 3.14. The molecular formula is C28H28O2. The van der Waals surface area contributed by atoms with Crippen molar-refractivity contribution in [1.82, 2.24) is 0 Å². The van der Waals surface area contributed by atoms with Crippen LogP contribution < -0.4 is 4.74 Å². The van der Waals surface area contributed by atoms with Gasteiger partial charge in [-0.25, -0.2) is 0 Å². The molecule has 0 aliphatic rings. The Kier molecular flexibility index (Phi) is 6.68. The minimum Gasteiger partial charge on any atom is -0.480 e. The van der Waals surface area contributed by atoms with Crippen LogP contribution in [0, 0.1) is 6.92 Å². The van der Waals surface area contributed by atoms with E-state index in [1.165, 1.54) is 11.1 Å². The van der Waals surface area contributed by atoms with Crippen molar-refractivity contribution in [3.63, 3.8) is 0 Å². The highest BCUT2D eigenvalue weighted by molar-refractivity contribution is 5.88. The summed E-state index contributed by atoms with van der Waals surface area (Å²) in [4.78, 5) is 12.7. The Morgan fingerprint density at radius 2 is 1.57 bits per heavy atom. The number of rotatable bonds is 8. The molecule has 3 aromatic carbocycles. The Balaban J connectivity index is 1.64. The molecule has 0 aliphatic heterocycles. The maximum atomic E-state index is 12.7. The number of carbonyl (C=O) groups excluding carboxylic acids is 1. The summed E-state index contributed by atoms with van der Waals surface area (Å²) in [6.45, 7) is 9.89. The van der Waals surface area contributed by atoms with Gasteiger partial charge >= 0.3 is 0 Å². The molecule has 0 unspecified atom stereocenters. The molecule has 3 rings (SSSR count).